The third-order valence-corrected chi connectivity index (χ3v) is 7.28. The van der Waals surface area contributed by atoms with E-state index >= 15 is 0 Å². The molecular formula is C34H53F3N2O. The molecule has 0 aliphatic heterocycles. The van der Waals surface area contributed by atoms with E-state index in [1.165, 1.54) is 16.8 Å². The minimum absolute atomic E-state index is 0.0289. The zero-order valence-corrected chi connectivity index (χ0v) is 26.6. The van der Waals surface area contributed by atoms with Crippen molar-refractivity contribution >= 4 is 11.6 Å². The van der Waals surface area contributed by atoms with Crippen LogP contribution in [0.5, 0.6) is 0 Å². The molecule has 2 rings (SSSR count). The number of nitrogens with one attached hydrogen (secondary N) is 1. The average Bonchev–Trinajstić information content (AvgIpc) is 2.84. The Morgan fingerprint density at radius 2 is 1.55 bits per heavy atom. The Labute approximate surface area is 241 Å². The summed E-state index contributed by atoms with van der Waals surface area (Å²) < 4.78 is 39.2. The average molecular weight is 563 g/mol. The quantitative estimate of drug-likeness (QED) is 0.279. The van der Waals surface area contributed by atoms with Gasteiger partial charge in [0.2, 0.25) is 5.91 Å². The lowest BCUT2D eigenvalue weighted by Crippen LogP contribution is -2.42. The van der Waals surface area contributed by atoms with Crippen molar-refractivity contribution in [3.8, 4) is 0 Å². The van der Waals surface area contributed by atoms with Crippen LogP contribution in [0.2, 0.25) is 0 Å². The predicted molar refractivity (Wildman–Crippen MR) is 164 cm³/mol. The first-order valence-electron chi connectivity index (χ1n) is 14.8. The highest BCUT2D eigenvalue weighted by atomic mass is 19.4. The van der Waals surface area contributed by atoms with Crippen molar-refractivity contribution in [2.24, 2.45) is 17.3 Å². The largest absolute Gasteiger partial charge is 0.416 e. The van der Waals surface area contributed by atoms with Gasteiger partial charge in [-0.15, -0.1) is 0 Å². The Hall–Kier alpha value is -2.50. The van der Waals surface area contributed by atoms with Crippen LogP contribution >= 0.6 is 0 Å². The number of hydrogen-bond acceptors (Lipinski definition) is 2. The molecule has 0 heterocycles. The summed E-state index contributed by atoms with van der Waals surface area (Å²) in [5, 5.41) is 2.95. The fraction of sp³-hybridized carbons (Fsp3) is 0.618. The summed E-state index contributed by atoms with van der Waals surface area (Å²) in [4.78, 5) is 15.4. The van der Waals surface area contributed by atoms with E-state index in [4.69, 9.17) is 0 Å². The molecule has 0 aliphatic carbocycles. The summed E-state index contributed by atoms with van der Waals surface area (Å²) >= 11 is 0. The molecule has 0 aromatic heterocycles. The first kappa shape index (κ1) is 35.5. The number of nitrogens with zero attached hydrogens (tertiary/aromatic N) is 1. The maximum Gasteiger partial charge on any atom is 0.416 e. The second-order valence-electron chi connectivity index (χ2n) is 12.3. The van der Waals surface area contributed by atoms with Crippen molar-refractivity contribution in [2.75, 3.05) is 19.0 Å². The maximum atomic E-state index is 13.2. The van der Waals surface area contributed by atoms with Gasteiger partial charge in [-0.2, -0.15) is 13.2 Å². The summed E-state index contributed by atoms with van der Waals surface area (Å²) in [6, 6.07) is 10.6. The van der Waals surface area contributed by atoms with Crippen LogP contribution in [0.1, 0.15) is 101 Å². The number of benzene rings is 2. The monoisotopic (exact) mass is 562 g/mol. The minimum Gasteiger partial charge on any atom is -0.377 e. The maximum absolute atomic E-state index is 13.2. The molecule has 3 nitrogen and oxygen atoms in total. The second-order valence-corrected chi connectivity index (χ2v) is 12.3. The van der Waals surface area contributed by atoms with E-state index < -0.39 is 17.2 Å². The molecule has 1 N–H and O–H groups in total. The highest BCUT2D eigenvalue weighted by molar-refractivity contribution is 5.82. The Morgan fingerprint density at radius 1 is 0.900 bits per heavy atom. The van der Waals surface area contributed by atoms with Crippen LogP contribution in [0.4, 0.5) is 18.9 Å². The third-order valence-electron chi connectivity index (χ3n) is 7.28. The van der Waals surface area contributed by atoms with Crippen LogP contribution in [0.15, 0.2) is 36.4 Å². The number of hydrogen-bond donors (Lipinski definition) is 1. The first-order valence-corrected chi connectivity index (χ1v) is 14.8. The van der Waals surface area contributed by atoms with Gasteiger partial charge >= 0.3 is 6.18 Å². The lowest BCUT2D eigenvalue weighted by molar-refractivity contribution is -0.137. The van der Waals surface area contributed by atoms with E-state index in [-0.39, 0.29) is 12.5 Å². The van der Waals surface area contributed by atoms with E-state index in [0.717, 1.165) is 50.7 Å². The predicted octanol–water partition coefficient (Wildman–Crippen LogP) is 9.52. The lowest BCUT2D eigenvalue weighted by atomic mass is 9.71. The van der Waals surface area contributed by atoms with Gasteiger partial charge in [0.05, 0.1) is 5.56 Å². The van der Waals surface area contributed by atoms with E-state index in [2.05, 4.69) is 91.0 Å². The van der Waals surface area contributed by atoms with Gasteiger partial charge in [-0.3, -0.25) is 4.79 Å². The summed E-state index contributed by atoms with van der Waals surface area (Å²) in [5.74, 6) is 0.848. The van der Waals surface area contributed by atoms with Crippen molar-refractivity contribution in [1.82, 2.24) is 5.32 Å². The molecule has 6 heteroatoms. The first-order chi connectivity index (χ1) is 18.5. The number of halogens is 3. The zero-order valence-electron chi connectivity index (χ0n) is 26.6. The Kier molecular flexibility index (Phi) is 14.3. The van der Waals surface area contributed by atoms with Crippen molar-refractivity contribution in [3.63, 3.8) is 0 Å². The van der Waals surface area contributed by atoms with E-state index in [0.29, 0.717) is 23.0 Å². The Morgan fingerprint density at radius 3 is 2.02 bits per heavy atom. The standard InChI is InChI=1S/C23H36F3NO.C11H17N/c1-7-9-22(14-17(4)5,10-8-16(2)3)21(28)27-15-19-11-18(6)12-20(13-19)23(24,25)26;1-5-10-6-7-11(12(3)4)9(2)8-10/h11-13,16-17H,7-10,14-15H2,1-6H3,(H,27,28);6-8H,5H2,1-4H3. The van der Waals surface area contributed by atoms with Crippen molar-refractivity contribution in [3.05, 3.63) is 64.2 Å². The molecule has 0 fully saturated rings. The van der Waals surface area contributed by atoms with Crippen LogP contribution in [-0.2, 0) is 23.9 Å². The van der Waals surface area contributed by atoms with Gasteiger partial charge in [0.25, 0.3) is 0 Å². The van der Waals surface area contributed by atoms with Crippen LogP contribution in [0, 0.1) is 31.1 Å². The van der Waals surface area contributed by atoms with Gasteiger partial charge in [-0.25, -0.2) is 0 Å². The van der Waals surface area contributed by atoms with Gasteiger partial charge in [-0.1, -0.05) is 71.7 Å². The topological polar surface area (TPSA) is 32.3 Å². The summed E-state index contributed by atoms with van der Waals surface area (Å²) in [5.41, 5.74) is 3.99. The minimum atomic E-state index is -4.38. The highest BCUT2D eigenvalue weighted by Crippen LogP contribution is 2.38. The fourth-order valence-electron chi connectivity index (χ4n) is 5.41. The van der Waals surface area contributed by atoms with Gasteiger partial charge in [0, 0.05) is 31.7 Å². The molecule has 1 atom stereocenters. The SMILES string of the molecule is CCCC(CCC(C)C)(CC(C)C)C(=O)NCc1cc(C)cc(C(F)(F)F)c1.CCc1ccc(N(C)C)c(C)c1. The Balaban J connectivity index is 0.000000552. The molecule has 0 radical (unpaired) electrons. The molecule has 226 valence electrons. The smallest absolute Gasteiger partial charge is 0.377 e. The number of aryl methyl sites for hydroxylation is 3. The second kappa shape index (κ2) is 16.1. The van der Waals surface area contributed by atoms with Crippen molar-refractivity contribution < 1.29 is 18.0 Å². The molecule has 40 heavy (non-hydrogen) atoms. The van der Waals surface area contributed by atoms with E-state index in [1.807, 2.05) is 0 Å². The highest BCUT2D eigenvalue weighted by Gasteiger charge is 2.38. The van der Waals surface area contributed by atoms with E-state index in [1.54, 1.807) is 13.0 Å². The fourth-order valence-corrected chi connectivity index (χ4v) is 5.41. The lowest BCUT2D eigenvalue weighted by Gasteiger charge is -2.35. The molecule has 0 saturated carbocycles. The summed E-state index contributed by atoms with van der Waals surface area (Å²) in [6.07, 6.45) is 1.00. The zero-order chi connectivity index (χ0) is 30.7. The number of alkyl halides is 3. The van der Waals surface area contributed by atoms with Crippen molar-refractivity contribution in [2.45, 2.75) is 107 Å². The molecule has 1 unspecified atom stereocenters. The molecule has 2 aromatic carbocycles. The van der Waals surface area contributed by atoms with Crippen LogP contribution in [0.25, 0.3) is 0 Å². The van der Waals surface area contributed by atoms with Crippen LogP contribution in [-0.4, -0.2) is 20.0 Å². The summed E-state index contributed by atoms with van der Waals surface area (Å²) in [6.45, 7) is 16.7. The van der Waals surface area contributed by atoms with Gasteiger partial charge in [0.1, 0.15) is 0 Å². The summed E-state index contributed by atoms with van der Waals surface area (Å²) in [7, 11) is 4.15. The molecule has 2 aromatic rings. The molecular weight excluding hydrogens is 509 g/mol. The van der Waals surface area contributed by atoms with Crippen molar-refractivity contribution in [1.29, 1.82) is 0 Å². The molecule has 0 saturated heterocycles. The van der Waals surface area contributed by atoms with Crippen LogP contribution in [0.3, 0.4) is 0 Å². The molecule has 1 amide bonds. The van der Waals surface area contributed by atoms with E-state index in [9.17, 15) is 18.0 Å². The number of rotatable bonds is 12. The Bertz CT molecular complexity index is 1060. The van der Waals surface area contributed by atoms with Gasteiger partial charge in [0.15, 0.2) is 0 Å². The number of anilines is 1. The number of carbonyl (C=O) groups is 1. The normalized spacial score (nSPS) is 13.1. The van der Waals surface area contributed by atoms with Gasteiger partial charge < -0.3 is 10.2 Å². The van der Waals surface area contributed by atoms with Crippen LogP contribution < -0.4 is 10.2 Å². The molecule has 0 spiro atoms. The third kappa shape index (κ3) is 11.5. The number of carbonyl (C=O) groups excluding carboxylic acids is 1. The van der Waals surface area contributed by atoms with Gasteiger partial charge in [-0.05, 0) is 92.7 Å². The number of amides is 1. The molecule has 0 aliphatic rings. The molecule has 0 bridgehead atoms.